The summed E-state index contributed by atoms with van der Waals surface area (Å²) in [4.78, 5) is 44.5. The van der Waals surface area contributed by atoms with E-state index in [4.69, 9.17) is 0 Å². The summed E-state index contributed by atoms with van der Waals surface area (Å²) in [7, 11) is 0. The number of amides is 2. The molecule has 0 aliphatic carbocycles. The zero-order valence-corrected chi connectivity index (χ0v) is 16.5. The number of nitrogens with zero attached hydrogens (tertiary/aromatic N) is 2. The summed E-state index contributed by atoms with van der Waals surface area (Å²) < 4.78 is 24.9. The molecule has 1 aromatic carbocycles. The Morgan fingerprint density at radius 1 is 1.34 bits per heavy atom. The van der Waals surface area contributed by atoms with Gasteiger partial charge in [-0.25, -0.2) is 4.98 Å². The number of carbonyl (C=O) groups excluding carboxylic acids is 2. The molecule has 0 atom stereocenters. The van der Waals surface area contributed by atoms with Crippen LogP contribution in [0.4, 0.5) is 20.2 Å². The molecule has 3 rings (SSSR count). The van der Waals surface area contributed by atoms with E-state index in [0.717, 1.165) is 6.42 Å². The van der Waals surface area contributed by atoms with E-state index in [2.05, 4.69) is 15.3 Å². The summed E-state index contributed by atoms with van der Waals surface area (Å²) in [6, 6.07) is 7.05. The van der Waals surface area contributed by atoms with Crippen molar-refractivity contribution >= 4 is 35.0 Å². The molecule has 1 aliphatic heterocycles. The van der Waals surface area contributed by atoms with Crippen molar-refractivity contribution in [3.05, 3.63) is 45.9 Å². The van der Waals surface area contributed by atoms with Crippen molar-refractivity contribution in [1.29, 1.82) is 0 Å². The summed E-state index contributed by atoms with van der Waals surface area (Å²) in [6.45, 7) is 2.15. The first-order valence-corrected chi connectivity index (χ1v) is 9.97. The molecule has 1 fully saturated rings. The number of anilines is 2. The van der Waals surface area contributed by atoms with E-state index in [1.807, 2.05) is 0 Å². The molecule has 2 N–H and O–H groups in total. The molecule has 1 saturated heterocycles. The van der Waals surface area contributed by atoms with Gasteiger partial charge in [0.15, 0.2) is 5.16 Å². The lowest BCUT2D eigenvalue weighted by Crippen LogP contribution is -2.26. The lowest BCUT2D eigenvalue weighted by molar-refractivity contribution is -0.117. The zero-order chi connectivity index (χ0) is 21.0. The van der Waals surface area contributed by atoms with Gasteiger partial charge in [0.2, 0.25) is 11.8 Å². The van der Waals surface area contributed by atoms with Crippen LogP contribution in [0.25, 0.3) is 0 Å². The van der Waals surface area contributed by atoms with E-state index in [0.29, 0.717) is 30.0 Å². The van der Waals surface area contributed by atoms with Crippen molar-refractivity contribution in [1.82, 2.24) is 9.97 Å². The average molecular weight is 422 g/mol. The predicted molar refractivity (Wildman–Crippen MR) is 106 cm³/mol. The number of rotatable bonds is 7. The zero-order valence-electron chi connectivity index (χ0n) is 15.7. The van der Waals surface area contributed by atoms with Gasteiger partial charge in [0, 0.05) is 30.6 Å². The highest BCUT2D eigenvalue weighted by atomic mass is 32.2. The summed E-state index contributed by atoms with van der Waals surface area (Å²) in [6.07, 6.45) is 1.38. The fraction of sp³-hybridized carbons (Fsp3) is 0.368. The number of aromatic amines is 1. The Balaban J connectivity index is 1.67. The second-order valence-corrected chi connectivity index (χ2v) is 7.51. The smallest absolute Gasteiger partial charge is 0.291 e. The maximum atomic E-state index is 12.4. The lowest BCUT2D eigenvalue weighted by atomic mass is 10.1. The summed E-state index contributed by atoms with van der Waals surface area (Å²) >= 11 is 0.164. The maximum Gasteiger partial charge on any atom is 0.291 e. The van der Waals surface area contributed by atoms with Crippen LogP contribution in [-0.4, -0.2) is 34.1 Å². The molecule has 10 heteroatoms. The lowest BCUT2D eigenvalue weighted by Gasteiger charge is -2.20. The molecule has 2 amide bonds. The van der Waals surface area contributed by atoms with E-state index in [9.17, 15) is 23.2 Å². The van der Waals surface area contributed by atoms with Crippen LogP contribution in [0.5, 0.6) is 0 Å². The molecular weight excluding hydrogens is 402 g/mol. The standard InChI is InChI=1S/C19H20F2N4O3S/c1-11-12(17(28)24-19(22-11)29-18(20)21)8-9-15(26)23-13-5-2-3-6-14(13)25-10-4-7-16(25)27/h2-3,5-6,18H,4,7-10H2,1H3,(H,23,26)(H,22,24,28). The number of halogens is 2. The van der Waals surface area contributed by atoms with Gasteiger partial charge in [-0.1, -0.05) is 12.1 Å². The number of H-pyrrole nitrogens is 1. The highest BCUT2D eigenvalue weighted by molar-refractivity contribution is 7.99. The first kappa shape index (κ1) is 21.0. The molecule has 1 aliphatic rings. The number of benzene rings is 1. The molecular formula is C19H20F2N4O3S. The third-order valence-corrected chi connectivity index (χ3v) is 5.14. The third-order valence-electron chi connectivity index (χ3n) is 4.55. The van der Waals surface area contributed by atoms with Crippen LogP contribution < -0.4 is 15.8 Å². The second-order valence-electron chi connectivity index (χ2n) is 6.53. The largest absolute Gasteiger partial charge is 0.324 e. The van der Waals surface area contributed by atoms with Gasteiger partial charge in [-0.05, 0) is 43.7 Å². The SMILES string of the molecule is Cc1nc(SC(F)F)[nH]c(=O)c1CCC(=O)Nc1ccccc1N1CCCC1=O. The average Bonchev–Trinajstić information content (AvgIpc) is 3.06. The topological polar surface area (TPSA) is 95.2 Å². The highest BCUT2D eigenvalue weighted by Crippen LogP contribution is 2.29. The molecule has 154 valence electrons. The monoisotopic (exact) mass is 422 g/mol. The Morgan fingerprint density at radius 2 is 2.10 bits per heavy atom. The van der Waals surface area contributed by atoms with E-state index in [1.54, 1.807) is 36.1 Å². The number of nitrogens with one attached hydrogen (secondary N) is 2. The molecule has 0 radical (unpaired) electrons. The molecule has 7 nitrogen and oxygen atoms in total. The van der Waals surface area contributed by atoms with E-state index >= 15 is 0 Å². The van der Waals surface area contributed by atoms with Crippen molar-refractivity contribution in [3.8, 4) is 0 Å². The number of carbonyl (C=O) groups is 2. The van der Waals surface area contributed by atoms with Crippen molar-refractivity contribution in [3.63, 3.8) is 0 Å². The van der Waals surface area contributed by atoms with E-state index in [-0.39, 0.29) is 47.1 Å². The maximum absolute atomic E-state index is 12.4. The van der Waals surface area contributed by atoms with Crippen LogP contribution in [0.1, 0.15) is 30.5 Å². The molecule has 0 unspecified atom stereocenters. The first-order valence-electron chi connectivity index (χ1n) is 9.09. The number of aromatic nitrogens is 2. The van der Waals surface area contributed by atoms with Crippen LogP contribution in [0.3, 0.4) is 0 Å². The third kappa shape index (κ3) is 5.20. The normalized spacial score (nSPS) is 13.9. The van der Waals surface area contributed by atoms with Crippen molar-refractivity contribution in [2.45, 2.75) is 43.5 Å². The quantitative estimate of drug-likeness (QED) is 0.528. The van der Waals surface area contributed by atoms with Gasteiger partial charge >= 0.3 is 0 Å². The van der Waals surface area contributed by atoms with Crippen LogP contribution >= 0.6 is 11.8 Å². The highest BCUT2D eigenvalue weighted by Gasteiger charge is 2.24. The number of aryl methyl sites for hydroxylation is 1. The van der Waals surface area contributed by atoms with Crippen molar-refractivity contribution in [2.75, 3.05) is 16.8 Å². The van der Waals surface area contributed by atoms with Gasteiger partial charge in [-0.2, -0.15) is 8.78 Å². The summed E-state index contributed by atoms with van der Waals surface area (Å²) in [5.74, 6) is -2.99. The Bertz CT molecular complexity index is 980. The minimum absolute atomic E-state index is 0.00914. The fourth-order valence-electron chi connectivity index (χ4n) is 3.19. The second kappa shape index (κ2) is 9.17. The number of hydrogen-bond donors (Lipinski definition) is 2. The molecule has 29 heavy (non-hydrogen) atoms. The number of thioether (sulfide) groups is 1. The first-order chi connectivity index (χ1) is 13.8. The number of para-hydroxylation sites is 2. The molecule has 0 bridgehead atoms. The van der Waals surface area contributed by atoms with Crippen LogP contribution in [0, 0.1) is 6.92 Å². The number of hydrogen-bond acceptors (Lipinski definition) is 5. The summed E-state index contributed by atoms with van der Waals surface area (Å²) in [5, 5.41) is 2.63. The molecule has 2 heterocycles. The summed E-state index contributed by atoms with van der Waals surface area (Å²) in [5.41, 5.74) is 1.23. The fourth-order valence-corrected chi connectivity index (χ4v) is 3.70. The van der Waals surface area contributed by atoms with E-state index in [1.165, 1.54) is 0 Å². The number of alkyl halides is 2. The van der Waals surface area contributed by atoms with Crippen LogP contribution in [0.2, 0.25) is 0 Å². The van der Waals surface area contributed by atoms with Gasteiger partial charge in [-0.15, -0.1) is 0 Å². The van der Waals surface area contributed by atoms with Crippen molar-refractivity contribution < 1.29 is 18.4 Å². The van der Waals surface area contributed by atoms with Gasteiger partial charge in [0.1, 0.15) is 0 Å². The Labute approximate surface area is 169 Å². The molecule has 1 aromatic heterocycles. The Kier molecular flexibility index (Phi) is 6.63. The Hall–Kier alpha value is -2.75. The van der Waals surface area contributed by atoms with Gasteiger partial charge in [-0.3, -0.25) is 14.4 Å². The minimum atomic E-state index is -2.68. The van der Waals surface area contributed by atoms with E-state index < -0.39 is 11.3 Å². The molecule has 0 spiro atoms. The van der Waals surface area contributed by atoms with Gasteiger partial charge in [0.25, 0.3) is 11.3 Å². The van der Waals surface area contributed by atoms with Crippen LogP contribution in [0.15, 0.2) is 34.2 Å². The van der Waals surface area contributed by atoms with Crippen molar-refractivity contribution in [2.24, 2.45) is 0 Å². The minimum Gasteiger partial charge on any atom is -0.324 e. The molecule has 0 saturated carbocycles. The predicted octanol–water partition coefficient (Wildman–Crippen LogP) is 3.09. The van der Waals surface area contributed by atoms with Gasteiger partial charge < -0.3 is 15.2 Å². The van der Waals surface area contributed by atoms with Gasteiger partial charge in [0.05, 0.1) is 11.4 Å². The Morgan fingerprint density at radius 3 is 2.76 bits per heavy atom. The molecule has 2 aromatic rings. The van der Waals surface area contributed by atoms with Crippen LogP contribution in [-0.2, 0) is 16.0 Å².